The van der Waals surface area contributed by atoms with Gasteiger partial charge in [0.05, 0.1) is 6.10 Å². The van der Waals surface area contributed by atoms with E-state index in [-0.39, 0.29) is 22.1 Å². The van der Waals surface area contributed by atoms with Gasteiger partial charge in [-0.3, -0.25) is 4.79 Å². The average molecular weight is 551 g/mol. The van der Waals surface area contributed by atoms with Crippen LogP contribution in [0.1, 0.15) is 91.9 Å². The quantitative estimate of drug-likeness (QED) is 0.226. The molecule has 4 saturated carbocycles. The van der Waals surface area contributed by atoms with Crippen molar-refractivity contribution in [3.05, 3.63) is 48.1 Å². The van der Waals surface area contributed by atoms with Crippen LogP contribution in [0.4, 0.5) is 0 Å². The highest BCUT2D eigenvalue weighted by molar-refractivity contribution is 8.19. The molecule has 0 saturated heterocycles. The minimum Gasteiger partial charge on any atom is -0.349 e. The van der Waals surface area contributed by atoms with E-state index in [4.69, 9.17) is 4.74 Å². The third-order valence-electron chi connectivity index (χ3n) is 11.1. The molecule has 0 amide bonds. The van der Waals surface area contributed by atoms with E-state index in [2.05, 4.69) is 64.6 Å². The largest absolute Gasteiger partial charge is 0.349 e. The molecule has 1 aromatic rings. The fourth-order valence-corrected chi connectivity index (χ4v) is 11.5. The van der Waals surface area contributed by atoms with Crippen LogP contribution >= 0.6 is 23.5 Å². The Bertz CT molecular complexity index is 1100. The lowest BCUT2D eigenvalue weighted by atomic mass is 9.60. The number of ether oxygens (including phenoxy) is 1. The van der Waals surface area contributed by atoms with Gasteiger partial charge in [0.15, 0.2) is 10.6 Å². The van der Waals surface area contributed by atoms with Crippen LogP contribution in [0, 0.1) is 40.4 Å². The van der Waals surface area contributed by atoms with Gasteiger partial charge in [-0.25, -0.2) is 0 Å². The molecule has 0 bridgehead atoms. The first-order chi connectivity index (χ1) is 18.2. The molecule has 0 spiro atoms. The molecule has 206 valence electrons. The molecule has 1 heterocycles. The first-order valence-electron chi connectivity index (χ1n) is 15.2. The number of hydrogen-bond acceptors (Lipinski definition) is 4. The summed E-state index contributed by atoms with van der Waals surface area (Å²) >= 11 is 3.67. The monoisotopic (exact) mass is 550 g/mol. The standard InChI is InChI=1S/C34H46O2S2/c1-21(2)10-8-11-22(3)26-15-16-27-24(12-9-17-33(26,27)5)18-31(34-20-25(34)19-28(35)23(34)4)36-32-37-29-13-6-7-14-30(29)38-32/h6-7,13-14,18,21-22,25-27,31-32H,4,8-12,15-17,19-20H2,1-3,5H3/b24-18+/t22-,25-,26-,27+,31-,33-,34+/m1/s1. The lowest BCUT2D eigenvalue weighted by Crippen LogP contribution is -2.37. The average Bonchev–Trinajstić information content (AvgIpc) is 3.14. The third kappa shape index (κ3) is 4.69. The fraction of sp³-hybridized carbons (Fsp3) is 0.676. The van der Waals surface area contributed by atoms with Crippen LogP contribution in [-0.4, -0.2) is 16.7 Å². The summed E-state index contributed by atoms with van der Waals surface area (Å²) in [6.45, 7) is 14.2. The summed E-state index contributed by atoms with van der Waals surface area (Å²) in [7, 11) is 0. The maximum Gasteiger partial charge on any atom is 0.159 e. The molecular formula is C34H46O2S2. The number of carbonyl (C=O) groups excluding carboxylic acids is 1. The molecule has 4 aliphatic carbocycles. The van der Waals surface area contributed by atoms with Gasteiger partial charge < -0.3 is 4.74 Å². The predicted molar refractivity (Wildman–Crippen MR) is 160 cm³/mol. The van der Waals surface area contributed by atoms with E-state index in [1.165, 1.54) is 61.2 Å². The second-order valence-corrected chi connectivity index (χ2v) is 16.2. The van der Waals surface area contributed by atoms with Crippen molar-refractivity contribution < 1.29 is 9.53 Å². The maximum absolute atomic E-state index is 12.7. The molecule has 6 rings (SSSR count). The van der Waals surface area contributed by atoms with E-state index >= 15 is 0 Å². The van der Waals surface area contributed by atoms with Crippen LogP contribution < -0.4 is 0 Å². The van der Waals surface area contributed by atoms with Gasteiger partial charge in [-0.05, 0) is 91.2 Å². The number of ketones is 1. The lowest BCUT2D eigenvalue weighted by molar-refractivity contribution is -0.115. The Balaban J connectivity index is 1.24. The first-order valence-corrected chi connectivity index (χ1v) is 17.0. The van der Waals surface area contributed by atoms with Crippen molar-refractivity contribution in [1.29, 1.82) is 0 Å². The van der Waals surface area contributed by atoms with Gasteiger partial charge in [0.1, 0.15) is 0 Å². The molecule has 4 fully saturated rings. The highest BCUT2D eigenvalue weighted by atomic mass is 32.2. The van der Waals surface area contributed by atoms with Crippen molar-refractivity contribution in [2.24, 2.45) is 40.4 Å². The van der Waals surface area contributed by atoms with Gasteiger partial charge in [0, 0.05) is 21.6 Å². The Morgan fingerprint density at radius 3 is 2.53 bits per heavy atom. The summed E-state index contributed by atoms with van der Waals surface area (Å²) in [4.78, 5) is 15.4. The van der Waals surface area contributed by atoms with Crippen LogP contribution in [0.25, 0.3) is 0 Å². The molecule has 0 N–H and O–H groups in total. The summed E-state index contributed by atoms with van der Waals surface area (Å²) in [5.41, 5.74) is 2.73. The first kappa shape index (κ1) is 27.2. The molecule has 5 aliphatic rings. The highest BCUT2D eigenvalue weighted by Crippen LogP contribution is 2.69. The molecular weight excluding hydrogens is 505 g/mol. The highest BCUT2D eigenvalue weighted by Gasteiger charge is 2.67. The van der Waals surface area contributed by atoms with E-state index in [0.717, 1.165) is 29.7 Å². The molecule has 38 heavy (non-hydrogen) atoms. The molecule has 1 aromatic carbocycles. The molecule has 2 nitrogen and oxygen atoms in total. The number of fused-ring (bicyclic) bond motifs is 3. The number of carbonyl (C=O) groups is 1. The van der Waals surface area contributed by atoms with Crippen molar-refractivity contribution >= 4 is 29.3 Å². The van der Waals surface area contributed by atoms with Crippen molar-refractivity contribution in [3.8, 4) is 0 Å². The molecule has 0 radical (unpaired) electrons. The van der Waals surface area contributed by atoms with Crippen LogP contribution in [0.5, 0.6) is 0 Å². The molecule has 0 aromatic heterocycles. The van der Waals surface area contributed by atoms with Gasteiger partial charge in [0.25, 0.3) is 0 Å². The summed E-state index contributed by atoms with van der Waals surface area (Å²) in [6.07, 6.45) is 14.9. The van der Waals surface area contributed by atoms with Gasteiger partial charge in [-0.15, -0.1) is 0 Å². The van der Waals surface area contributed by atoms with E-state index in [1.54, 1.807) is 5.57 Å². The lowest BCUT2D eigenvalue weighted by Gasteiger charge is -2.45. The van der Waals surface area contributed by atoms with Crippen LogP contribution in [0.2, 0.25) is 0 Å². The van der Waals surface area contributed by atoms with Crippen LogP contribution in [-0.2, 0) is 9.53 Å². The fourth-order valence-electron chi connectivity index (χ4n) is 8.92. The van der Waals surface area contributed by atoms with Gasteiger partial charge in [-0.2, -0.15) is 0 Å². The second kappa shape index (κ2) is 10.5. The Hall–Kier alpha value is -0.970. The Morgan fingerprint density at radius 2 is 1.87 bits per heavy atom. The van der Waals surface area contributed by atoms with E-state index in [0.29, 0.717) is 23.7 Å². The van der Waals surface area contributed by atoms with E-state index < -0.39 is 0 Å². The zero-order chi connectivity index (χ0) is 26.7. The van der Waals surface area contributed by atoms with Crippen LogP contribution in [0.15, 0.2) is 57.9 Å². The number of hydrogen-bond donors (Lipinski definition) is 0. The van der Waals surface area contributed by atoms with Gasteiger partial charge >= 0.3 is 0 Å². The van der Waals surface area contributed by atoms with Crippen molar-refractivity contribution in [1.82, 2.24) is 0 Å². The zero-order valence-corrected chi connectivity index (χ0v) is 25.5. The third-order valence-corrected chi connectivity index (χ3v) is 13.6. The van der Waals surface area contributed by atoms with E-state index in [9.17, 15) is 4.79 Å². The van der Waals surface area contributed by atoms with Crippen molar-refractivity contribution in [2.45, 2.75) is 113 Å². The summed E-state index contributed by atoms with van der Waals surface area (Å²) in [5.74, 6) is 3.80. The minimum absolute atomic E-state index is 0.0365. The Labute approximate surface area is 239 Å². The minimum atomic E-state index is -0.157. The number of allylic oxidation sites excluding steroid dienone is 1. The SMILES string of the molecule is C=C1C(=O)C[C@@H]2C[C@]12[C@@H](/C=C1\CCC[C@]2(C)[C@@H]([C@H](C)CCCC(C)C)CC[C@@H]12)OC1Sc2ccccc2S1. The van der Waals surface area contributed by atoms with Crippen LogP contribution in [0.3, 0.4) is 0 Å². The smallest absolute Gasteiger partial charge is 0.159 e. The topological polar surface area (TPSA) is 26.3 Å². The molecule has 1 aliphatic heterocycles. The predicted octanol–water partition coefficient (Wildman–Crippen LogP) is 9.69. The zero-order valence-electron chi connectivity index (χ0n) is 23.8. The number of Topliss-reactive ketones (excluding diaryl/α,β-unsaturated/α-hetero) is 1. The normalized spacial score (nSPS) is 37.0. The van der Waals surface area contributed by atoms with Gasteiger partial charge in [-0.1, -0.05) is 101 Å². The number of thioether (sulfide) groups is 2. The Morgan fingerprint density at radius 1 is 1.13 bits per heavy atom. The Kier molecular flexibility index (Phi) is 7.49. The summed E-state index contributed by atoms with van der Waals surface area (Å²) in [6, 6.07) is 8.64. The molecule has 4 heteroatoms. The second-order valence-electron chi connectivity index (χ2n) is 13.7. The number of rotatable bonds is 9. The molecule has 0 unspecified atom stereocenters. The summed E-state index contributed by atoms with van der Waals surface area (Å²) < 4.78 is 7.05. The summed E-state index contributed by atoms with van der Waals surface area (Å²) in [5, 5.41) is 0. The number of benzene rings is 1. The van der Waals surface area contributed by atoms with Gasteiger partial charge in [0.2, 0.25) is 0 Å². The molecule has 7 atom stereocenters. The van der Waals surface area contributed by atoms with Crippen molar-refractivity contribution in [2.75, 3.05) is 0 Å². The maximum atomic E-state index is 12.7. The van der Waals surface area contributed by atoms with Crippen molar-refractivity contribution in [3.63, 3.8) is 0 Å². The van der Waals surface area contributed by atoms with E-state index in [1.807, 2.05) is 23.5 Å².